The summed E-state index contributed by atoms with van der Waals surface area (Å²) >= 11 is 6.04. The number of aryl methyl sites for hydroxylation is 1. The predicted octanol–water partition coefficient (Wildman–Crippen LogP) is 4.36. The fourth-order valence-corrected chi connectivity index (χ4v) is 2.45. The Morgan fingerprint density at radius 1 is 1.41 bits per heavy atom. The molecule has 0 radical (unpaired) electrons. The number of halogens is 2. The van der Waals surface area contributed by atoms with Crippen molar-refractivity contribution in [2.75, 3.05) is 6.54 Å². The number of nitrogens with one attached hydrogen (secondary N) is 1. The summed E-state index contributed by atoms with van der Waals surface area (Å²) in [5, 5.41) is 6.81. The van der Waals surface area contributed by atoms with E-state index in [1.54, 1.807) is 13.0 Å². The van der Waals surface area contributed by atoms with Gasteiger partial charge in [0, 0.05) is 6.54 Å². The van der Waals surface area contributed by atoms with Crippen LogP contribution in [0.15, 0.2) is 22.7 Å². The highest BCUT2D eigenvalue weighted by Crippen LogP contribution is 2.33. The number of rotatable bonds is 6. The molecule has 0 aliphatic rings. The van der Waals surface area contributed by atoms with E-state index in [4.69, 9.17) is 16.1 Å². The molecule has 1 aromatic carbocycles. The molecule has 2 aromatic rings. The van der Waals surface area contributed by atoms with Crippen LogP contribution in [0.4, 0.5) is 4.39 Å². The average molecular weight is 325 g/mol. The first kappa shape index (κ1) is 16.5. The molecule has 0 saturated carbocycles. The summed E-state index contributed by atoms with van der Waals surface area (Å²) < 4.78 is 19.1. The Morgan fingerprint density at radius 3 is 2.86 bits per heavy atom. The Labute approximate surface area is 133 Å². The Balaban J connectivity index is 2.30. The van der Waals surface area contributed by atoms with Gasteiger partial charge in [-0.1, -0.05) is 42.6 Å². The van der Waals surface area contributed by atoms with E-state index in [1.807, 2.05) is 0 Å². The van der Waals surface area contributed by atoms with Gasteiger partial charge in [-0.05, 0) is 25.5 Å². The standard InChI is InChI=1S/C16H18ClFN2O2/c1-3-4-5-9-19-16(21)13-10(2)22-20-15(13)14-11(17)7-6-8-12(14)18/h6-8H,3-5,9H2,1-2H3,(H,19,21). The van der Waals surface area contributed by atoms with Crippen LogP contribution in [-0.4, -0.2) is 17.6 Å². The van der Waals surface area contributed by atoms with E-state index >= 15 is 0 Å². The number of carbonyl (C=O) groups is 1. The van der Waals surface area contributed by atoms with E-state index in [2.05, 4.69) is 17.4 Å². The Kier molecular flexibility index (Phi) is 5.55. The van der Waals surface area contributed by atoms with E-state index in [1.165, 1.54) is 12.1 Å². The number of carbonyl (C=O) groups excluding carboxylic acids is 1. The molecule has 118 valence electrons. The van der Waals surface area contributed by atoms with Crippen molar-refractivity contribution >= 4 is 17.5 Å². The SMILES string of the molecule is CCCCCNC(=O)c1c(-c2c(F)cccc2Cl)noc1C. The lowest BCUT2D eigenvalue weighted by Gasteiger charge is -2.07. The van der Waals surface area contributed by atoms with Crippen molar-refractivity contribution in [1.29, 1.82) is 0 Å². The maximum atomic E-state index is 14.0. The highest BCUT2D eigenvalue weighted by atomic mass is 35.5. The van der Waals surface area contributed by atoms with Crippen molar-refractivity contribution in [3.05, 3.63) is 40.4 Å². The molecule has 0 bridgehead atoms. The number of hydrogen-bond acceptors (Lipinski definition) is 3. The van der Waals surface area contributed by atoms with Crippen LogP contribution in [0, 0.1) is 12.7 Å². The Bertz CT molecular complexity index is 650. The molecule has 0 atom stereocenters. The van der Waals surface area contributed by atoms with Crippen molar-refractivity contribution in [2.24, 2.45) is 0 Å². The third-order valence-electron chi connectivity index (χ3n) is 3.36. The molecule has 1 N–H and O–H groups in total. The fourth-order valence-electron chi connectivity index (χ4n) is 2.20. The molecule has 1 heterocycles. The lowest BCUT2D eigenvalue weighted by Crippen LogP contribution is -2.25. The second-order valence-electron chi connectivity index (χ2n) is 5.02. The molecule has 1 aromatic heterocycles. The summed E-state index contributed by atoms with van der Waals surface area (Å²) in [6, 6.07) is 4.32. The molecule has 22 heavy (non-hydrogen) atoms. The fraction of sp³-hybridized carbons (Fsp3) is 0.375. The summed E-state index contributed by atoms with van der Waals surface area (Å²) in [5.74, 6) is -0.535. The molecule has 6 heteroatoms. The van der Waals surface area contributed by atoms with E-state index < -0.39 is 5.82 Å². The molecule has 2 rings (SSSR count). The number of benzene rings is 1. The molecular formula is C16H18ClFN2O2. The smallest absolute Gasteiger partial charge is 0.257 e. The van der Waals surface area contributed by atoms with Gasteiger partial charge in [-0.15, -0.1) is 0 Å². The van der Waals surface area contributed by atoms with Gasteiger partial charge < -0.3 is 9.84 Å². The topological polar surface area (TPSA) is 55.1 Å². The van der Waals surface area contributed by atoms with Crippen LogP contribution in [0.1, 0.15) is 42.3 Å². The van der Waals surface area contributed by atoms with Crippen LogP contribution in [0.25, 0.3) is 11.3 Å². The van der Waals surface area contributed by atoms with Gasteiger partial charge in [-0.25, -0.2) is 4.39 Å². The number of unbranched alkanes of at least 4 members (excludes halogenated alkanes) is 2. The summed E-state index contributed by atoms with van der Waals surface area (Å²) in [7, 11) is 0. The van der Waals surface area contributed by atoms with Crippen LogP contribution in [-0.2, 0) is 0 Å². The molecule has 0 unspecified atom stereocenters. The molecule has 1 amide bonds. The lowest BCUT2D eigenvalue weighted by atomic mass is 10.0. The Hall–Kier alpha value is -1.88. The summed E-state index contributed by atoms with van der Waals surface area (Å²) in [6.45, 7) is 4.26. The minimum atomic E-state index is -0.541. The van der Waals surface area contributed by atoms with Crippen LogP contribution in [0.3, 0.4) is 0 Å². The van der Waals surface area contributed by atoms with Gasteiger partial charge >= 0.3 is 0 Å². The highest BCUT2D eigenvalue weighted by Gasteiger charge is 2.25. The molecular weight excluding hydrogens is 307 g/mol. The monoisotopic (exact) mass is 324 g/mol. The molecule has 0 aliphatic heterocycles. The number of nitrogens with zero attached hydrogens (tertiary/aromatic N) is 1. The first-order valence-corrected chi connectivity index (χ1v) is 7.63. The summed E-state index contributed by atoms with van der Waals surface area (Å²) in [4.78, 5) is 12.3. The van der Waals surface area contributed by atoms with Crippen LogP contribution >= 0.6 is 11.6 Å². The van der Waals surface area contributed by atoms with Crippen LogP contribution in [0.5, 0.6) is 0 Å². The maximum absolute atomic E-state index is 14.0. The van der Waals surface area contributed by atoms with E-state index in [0.717, 1.165) is 19.3 Å². The van der Waals surface area contributed by atoms with Gasteiger partial charge in [-0.2, -0.15) is 0 Å². The molecule has 0 fully saturated rings. The maximum Gasteiger partial charge on any atom is 0.257 e. The van der Waals surface area contributed by atoms with Gasteiger partial charge in [0.25, 0.3) is 5.91 Å². The quantitative estimate of drug-likeness (QED) is 0.803. The zero-order valence-electron chi connectivity index (χ0n) is 12.6. The van der Waals surface area contributed by atoms with Gasteiger partial charge in [0.15, 0.2) is 0 Å². The van der Waals surface area contributed by atoms with Crippen molar-refractivity contribution in [1.82, 2.24) is 10.5 Å². The van der Waals surface area contributed by atoms with Crippen molar-refractivity contribution < 1.29 is 13.7 Å². The average Bonchev–Trinajstić information content (AvgIpc) is 2.85. The van der Waals surface area contributed by atoms with Crippen molar-refractivity contribution in [3.63, 3.8) is 0 Å². The number of amides is 1. The Morgan fingerprint density at radius 2 is 2.18 bits per heavy atom. The molecule has 0 spiro atoms. The molecule has 0 saturated heterocycles. The number of aromatic nitrogens is 1. The predicted molar refractivity (Wildman–Crippen MR) is 83.5 cm³/mol. The summed E-state index contributed by atoms with van der Waals surface area (Å²) in [5.41, 5.74) is 0.441. The zero-order chi connectivity index (χ0) is 16.1. The van der Waals surface area contributed by atoms with E-state index in [0.29, 0.717) is 12.3 Å². The van der Waals surface area contributed by atoms with Gasteiger partial charge in [0.05, 0.1) is 10.6 Å². The third-order valence-corrected chi connectivity index (χ3v) is 3.67. The van der Waals surface area contributed by atoms with Gasteiger partial charge in [-0.3, -0.25) is 4.79 Å². The van der Waals surface area contributed by atoms with Crippen molar-refractivity contribution in [3.8, 4) is 11.3 Å². The first-order chi connectivity index (χ1) is 10.6. The summed E-state index contributed by atoms with van der Waals surface area (Å²) in [6.07, 6.45) is 3.00. The van der Waals surface area contributed by atoms with E-state index in [9.17, 15) is 9.18 Å². The largest absolute Gasteiger partial charge is 0.360 e. The van der Waals surface area contributed by atoms with Gasteiger partial charge in [0.2, 0.25) is 0 Å². The second-order valence-corrected chi connectivity index (χ2v) is 5.43. The molecule has 0 aliphatic carbocycles. The lowest BCUT2D eigenvalue weighted by molar-refractivity contribution is 0.0952. The first-order valence-electron chi connectivity index (χ1n) is 7.25. The minimum Gasteiger partial charge on any atom is -0.360 e. The normalized spacial score (nSPS) is 10.7. The minimum absolute atomic E-state index is 0.0831. The second kappa shape index (κ2) is 7.40. The highest BCUT2D eigenvalue weighted by molar-refractivity contribution is 6.33. The third kappa shape index (κ3) is 3.47. The van der Waals surface area contributed by atoms with Crippen molar-refractivity contribution in [2.45, 2.75) is 33.1 Å². The number of hydrogen-bond donors (Lipinski definition) is 1. The van der Waals surface area contributed by atoms with E-state index in [-0.39, 0.29) is 27.8 Å². The van der Waals surface area contributed by atoms with Crippen LogP contribution in [0.2, 0.25) is 5.02 Å². The van der Waals surface area contributed by atoms with Gasteiger partial charge in [0.1, 0.15) is 22.8 Å². The van der Waals surface area contributed by atoms with Crippen LogP contribution < -0.4 is 5.32 Å². The molecule has 4 nitrogen and oxygen atoms in total. The zero-order valence-corrected chi connectivity index (χ0v) is 13.3.